The van der Waals surface area contributed by atoms with Crippen LogP contribution < -0.4 is 4.74 Å². The monoisotopic (exact) mass is 280 g/mol. The van der Waals surface area contributed by atoms with E-state index in [0.29, 0.717) is 23.5 Å². The number of hydrogen-bond acceptors (Lipinski definition) is 3. The van der Waals surface area contributed by atoms with Gasteiger partial charge in [0.25, 0.3) is 0 Å². The van der Waals surface area contributed by atoms with Gasteiger partial charge in [0, 0.05) is 16.5 Å². The average molecular weight is 280 g/mol. The van der Waals surface area contributed by atoms with E-state index in [1.54, 1.807) is 0 Å². The predicted molar refractivity (Wildman–Crippen MR) is 83.5 cm³/mol. The molecule has 106 valence electrons. The minimum atomic E-state index is 0.00695. The highest BCUT2D eigenvalue weighted by Crippen LogP contribution is 2.31. The lowest BCUT2D eigenvalue weighted by Gasteiger charge is -2.10. The van der Waals surface area contributed by atoms with Gasteiger partial charge in [-0.2, -0.15) is 0 Å². The Hall–Kier alpha value is -2.75. The van der Waals surface area contributed by atoms with Gasteiger partial charge in [0.2, 0.25) is 0 Å². The number of benzene rings is 2. The largest absolute Gasteiger partial charge is 0.494 e. The molecule has 0 saturated heterocycles. The molecule has 0 spiro atoms. The number of ether oxygens (including phenoxy) is 1. The Bertz CT molecular complexity index is 805. The number of H-pyrrole nitrogens is 1. The Kier molecular flexibility index (Phi) is 3.36. The second-order valence-corrected chi connectivity index (χ2v) is 4.70. The van der Waals surface area contributed by atoms with E-state index in [9.17, 15) is 5.11 Å². The summed E-state index contributed by atoms with van der Waals surface area (Å²) < 4.78 is 5.58. The highest BCUT2D eigenvalue weighted by Gasteiger charge is 2.18. The fraction of sp³-hybridized carbons (Fsp3) is 0.118. The number of nitrogens with one attached hydrogen (secondary N) is 2. The van der Waals surface area contributed by atoms with Crippen molar-refractivity contribution in [3.8, 4) is 11.6 Å². The van der Waals surface area contributed by atoms with Gasteiger partial charge < -0.3 is 14.8 Å². The van der Waals surface area contributed by atoms with Crippen molar-refractivity contribution in [2.24, 2.45) is 0 Å². The maximum absolute atomic E-state index is 10.1. The lowest BCUT2D eigenvalue weighted by Crippen LogP contribution is -2.05. The number of para-hydroxylation sites is 2. The third kappa shape index (κ3) is 2.25. The van der Waals surface area contributed by atoms with Crippen LogP contribution in [-0.4, -0.2) is 22.4 Å². The lowest BCUT2D eigenvalue weighted by atomic mass is 10.0. The molecule has 0 saturated carbocycles. The summed E-state index contributed by atoms with van der Waals surface area (Å²) in [5, 5.41) is 19.4. The zero-order valence-electron chi connectivity index (χ0n) is 11.7. The molecule has 0 bridgehead atoms. The highest BCUT2D eigenvalue weighted by molar-refractivity contribution is 6.20. The van der Waals surface area contributed by atoms with Crippen LogP contribution in [0.2, 0.25) is 0 Å². The van der Waals surface area contributed by atoms with Gasteiger partial charge in [-0.05, 0) is 25.1 Å². The van der Waals surface area contributed by atoms with E-state index in [-0.39, 0.29) is 11.6 Å². The van der Waals surface area contributed by atoms with Crippen LogP contribution in [0.25, 0.3) is 10.9 Å². The number of aromatic amines is 1. The standard InChI is InChI=1S/C17H16N2O2/c1-2-21-14-10-6-4-8-12(14)16(18)15-11-7-3-5-9-13(11)19-17(15)20/h3-10,18-20H,2H2,1H3. The lowest BCUT2D eigenvalue weighted by molar-refractivity contribution is 0.339. The van der Waals surface area contributed by atoms with Gasteiger partial charge in [-0.3, -0.25) is 5.41 Å². The summed E-state index contributed by atoms with van der Waals surface area (Å²) in [6, 6.07) is 14.9. The molecule has 0 unspecified atom stereocenters. The number of fused-ring (bicyclic) bond motifs is 1. The summed E-state index contributed by atoms with van der Waals surface area (Å²) in [4.78, 5) is 2.90. The van der Waals surface area contributed by atoms with Gasteiger partial charge in [0.05, 0.1) is 17.9 Å². The van der Waals surface area contributed by atoms with Crippen molar-refractivity contribution in [3.05, 3.63) is 59.7 Å². The van der Waals surface area contributed by atoms with E-state index in [0.717, 1.165) is 10.9 Å². The SMILES string of the molecule is CCOc1ccccc1C(=N)c1c(O)[nH]c2ccccc12. The van der Waals surface area contributed by atoms with E-state index in [2.05, 4.69) is 4.98 Å². The zero-order valence-corrected chi connectivity index (χ0v) is 11.7. The predicted octanol–water partition coefficient (Wildman–Crippen LogP) is 3.69. The summed E-state index contributed by atoms with van der Waals surface area (Å²) >= 11 is 0. The maximum Gasteiger partial charge on any atom is 0.199 e. The van der Waals surface area contributed by atoms with Gasteiger partial charge in [0.15, 0.2) is 5.88 Å². The van der Waals surface area contributed by atoms with Crippen molar-refractivity contribution in [2.75, 3.05) is 6.61 Å². The van der Waals surface area contributed by atoms with Gasteiger partial charge in [0.1, 0.15) is 5.75 Å². The number of hydrogen-bond donors (Lipinski definition) is 3. The van der Waals surface area contributed by atoms with E-state index < -0.39 is 0 Å². The van der Waals surface area contributed by atoms with Gasteiger partial charge in [-0.25, -0.2) is 0 Å². The quantitative estimate of drug-likeness (QED) is 0.638. The molecule has 0 aliphatic carbocycles. The maximum atomic E-state index is 10.1. The van der Waals surface area contributed by atoms with Crippen LogP contribution in [0.5, 0.6) is 11.6 Å². The molecule has 3 aromatic rings. The third-order valence-electron chi connectivity index (χ3n) is 3.39. The summed E-state index contributed by atoms with van der Waals surface area (Å²) in [5.74, 6) is 0.655. The highest BCUT2D eigenvalue weighted by atomic mass is 16.5. The van der Waals surface area contributed by atoms with Gasteiger partial charge >= 0.3 is 0 Å². The molecule has 3 rings (SSSR count). The number of aromatic nitrogens is 1. The number of aromatic hydroxyl groups is 1. The molecule has 0 fully saturated rings. The molecule has 1 heterocycles. The zero-order chi connectivity index (χ0) is 14.8. The van der Waals surface area contributed by atoms with E-state index in [4.69, 9.17) is 10.1 Å². The second kappa shape index (κ2) is 5.32. The first kappa shape index (κ1) is 13.2. The summed E-state index contributed by atoms with van der Waals surface area (Å²) in [6.07, 6.45) is 0. The van der Waals surface area contributed by atoms with Crippen molar-refractivity contribution in [1.82, 2.24) is 4.98 Å². The van der Waals surface area contributed by atoms with Gasteiger partial charge in [-0.1, -0.05) is 30.3 Å². The van der Waals surface area contributed by atoms with Crippen molar-refractivity contribution < 1.29 is 9.84 Å². The van der Waals surface area contributed by atoms with Crippen molar-refractivity contribution in [3.63, 3.8) is 0 Å². The van der Waals surface area contributed by atoms with Crippen LogP contribution >= 0.6 is 0 Å². The van der Waals surface area contributed by atoms with E-state index >= 15 is 0 Å². The molecule has 0 atom stereocenters. The molecule has 4 nitrogen and oxygen atoms in total. The molecule has 1 aromatic heterocycles. The van der Waals surface area contributed by atoms with Crippen molar-refractivity contribution >= 4 is 16.6 Å². The first-order valence-electron chi connectivity index (χ1n) is 6.83. The molecule has 3 N–H and O–H groups in total. The summed E-state index contributed by atoms with van der Waals surface area (Å²) in [7, 11) is 0. The molecule has 0 amide bonds. The van der Waals surface area contributed by atoms with Crippen molar-refractivity contribution in [1.29, 1.82) is 5.41 Å². The van der Waals surface area contributed by atoms with Crippen LogP contribution in [0.3, 0.4) is 0 Å². The molecule has 0 radical (unpaired) electrons. The first-order valence-corrected chi connectivity index (χ1v) is 6.83. The summed E-state index contributed by atoms with van der Waals surface area (Å²) in [5.41, 5.74) is 2.22. The minimum Gasteiger partial charge on any atom is -0.494 e. The molecular weight excluding hydrogens is 264 g/mol. The fourth-order valence-corrected chi connectivity index (χ4v) is 2.47. The second-order valence-electron chi connectivity index (χ2n) is 4.70. The average Bonchev–Trinajstić information content (AvgIpc) is 2.83. The molecule has 2 aromatic carbocycles. The molecule has 21 heavy (non-hydrogen) atoms. The van der Waals surface area contributed by atoms with E-state index in [1.807, 2.05) is 55.5 Å². The smallest absolute Gasteiger partial charge is 0.199 e. The van der Waals surface area contributed by atoms with Crippen LogP contribution in [0, 0.1) is 5.41 Å². The van der Waals surface area contributed by atoms with Crippen LogP contribution in [0.15, 0.2) is 48.5 Å². The van der Waals surface area contributed by atoms with Crippen molar-refractivity contribution in [2.45, 2.75) is 6.92 Å². The Morgan fingerprint density at radius 2 is 1.86 bits per heavy atom. The Labute approximate surface area is 122 Å². The molecule has 0 aliphatic heterocycles. The minimum absolute atomic E-state index is 0.00695. The molecule has 0 aliphatic rings. The van der Waals surface area contributed by atoms with Gasteiger partial charge in [-0.15, -0.1) is 0 Å². The Morgan fingerprint density at radius 1 is 1.14 bits per heavy atom. The normalized spacial score (nSPS) is 10.7. The summed E-state index contributed by atoms with van der Waals surface area (Å²) in [6.45, 7) is 2.44. The van der Waals surface area contributed by atoms with E-state index in [1.165, 1.54) is 0 Å². The number of rotatable bonds is 4. The molecular formula is C17H16N2O2. The Morgan fingerprint density at radius 3 is 2.67 bits per heavy atom. The van der Waals surface area contributed by atoms with Crippen LogP contribution in [-0.2, 0) is 0 Å². The third-order valence-corrected chi connectivity index (χ3v) is 3.39. The Balaban J connectivity index is 2.15. The topological polar surface area (TPSA) is 69.1 Å². The molecule has 4 heteroatoms. The first-order chi connectivity index (χ1) is 10.2. The fourth-order valence-electron chi connectivity index (χ4n) is 2.47. The van der Waals surface area contributed by atoms with Crippen LogP contribution in [0.4, 0.5) is 0 Å². The van der Waals surface area contributed by atoms with Crippen LogP contribution in [0.1, 0.15) is 18.1 Å².